The number of hydrogen-bond donors (Lipinski definition) is 2. The zero-order valence-electron chi connectivity index (χ0n) is 7.50. The fourth-order valence-corrected chi connectivity index (χ4v) is 1.58. The molecule has 0 atom stereocenters. The normalized spacial score (nSPS) is 11.9. The minimum atomic E-state index is -0.614. The van der Waals surface area contributed by atoms with Gasteiger partial charge in [-0.3, -0.25) is 0 Å². The monoisotopic (exact) mass is 185 g/mol. The zero-order valence-corrected chi connectivity index (χ0v) is 8.32. The van der Waals surface area contributed by atoms with Gasteiger partial charge in [-0.05, 0) is 25.3 Å². The third-order valence-corrected chi connectivity index (χ3v) is 2.31. The first-order chi connectivity index (χ1) is 5.58. The van der Waals surface area contributed by atoms with Gasteiger partial charge in [-0.15, -0.1) is 11.3 Å². The van der Waals surface area contributed by atoms with E-state index in [0.29, 0.717) is 6.54 Å². The molecule has 12 heavy (non-hydrogen) atoms. The van der Waals surface area contributed by atoms with Crippen LogP contribution in [0, 0.1) is 0 Å². The molecule has 0 aliphatic carbocycles. The summed E-state index contributed by atoms with van der Waals surface area (Å²) in [6, 6.07) is 4.12. The summed E-state index contributed by atoms with van der Waals surface area (Å²) in [6.45, 7) is 5.08. The molecule has 0 bridgehead atoms. The third kappa shape index (κ3) is 3.85. The lowest BCUT2D eigenvalue weighted by Crippen LogP contribution is -2.34. The molecule has 0 spiro atoms. The topological polar surface area (TPSA) is 32.3 Å². The van der Waals surface area contributed by atoms with Crippen molar-refractivity contribution in [3.05, 3.63) is 22.4 Å². The highest BCUT2D eigenvalue weighted by atomic mass is 32.1. The van der Waals surface area contributed by atoms with Crippen LogP contribution in [-0.2, 0) is 6.54 Å². The van der Waals surface area contributed by atoms with Crippen molar-refractivity contribution in [2.45, 2.75) is 26.0 Å². The highest BCUT2D eigenvalue weighted by Crippen LogP contribution is 2.07. The summed E-state index contributed by atoms with van der Waals surface area (Å²) in [5.41, 5.74) is -0.614. The summed E-state index contributed by atoms with van der Waals surface area (Å²) >= 11 is 1.73. The van der Waals surface area contributed by atoms with Crippen LogP contribution in [0.25, 0.3) is 0 Å². The van der Waals surface area contributed by atoms with Gasteiger partial charge in [-0.1, -0.05) is 6.07 Å². The van der Waals surface area contributed by atoms with Crippen molar-refractivity contribution in [1.29, 1.82) is 0 Å². The van der Waals surface area contributed by atoms with Gasteiger partial charge >= 0.3 is 0 Å². The molecule has 1 rings (SSSR count). The van der Waals surface area contributed by atoms with Gasteiger partial charge in [0.05, 0.1) is 5.60 Å². The van der Waals surface area contributed by atoms with Gasteiger partial charge in [0.2, 0.25) is 0 Å². The van der Waals surface area contributed by atoms with Gasteiger partial charge in [0.25, 0.3) is 0 Å². The minimum absolute atomic E-state index is 0.614. The minimum Gasteiger partial charge on any atom is -0.389 e. The number of rotatable bonds is 4. The number of hydrogen-bond acceptors (Lipinski definition) is 3. The Balaban J connectivity index is 2.20. The summed E-state index contributed by atoms with van der Waals surface area (Å²) < 4.78 is 0. The Bertz CT molecular complexity index is 213. The van der Waals surface area contributed by atoms with E-state index in [9.17, 15) is 5.11 Å². The fourth-order valence-electron chi connectivity index (χ4n) is 0.905. The van der Waals surface area contributed by atoms with Crippen LogP contribution < -0.4 is 5.32 Å². The summed E-state index contributed by atoms with van der Waals surface area (Å²) in [5.74, 6) is 0. The second-order valence-corrected chi connectivity index (χ2v) is 4.53. The van der Waals surface area contributed by atoms with E-state index >= 15 is 0 Å². The largest absolute Gasteiger partial charge is 0.389 e. The molecular formula is C9H15NOS. The highest BCUT2D eigenvalue weighted by Gasteiger charge is 2.10. The van der Waals surface area contributed by atoms with Crippen LogP contribution in [0.1, 0.15) is 18.7 Å². The molecule has 2 N–H and O–H groups in total. The summed E-state index contributed by atoms with van der Waals surface area (Å²) in [4.78, 5) is 1.30. The maximum absolute atomic E-state index is 9.39. The van der Waals surface area contributed by atoms with E-state index < -0.39 is 5.60 Å². The predicted octanol–water partition coefficient (Wildman–Crippen LogP) is 1.61. The smallest absolute Gasteiger partial charge is 0.0715 e. The van der Waals surface area contributed by atoms with Gasteiger partial charge in [0.15, 0.2) is 0 Å². The van der Waals surface area contributed by atoms with Gasteiger partial charge in [0.1, 0.15) is 0 Å². The number of aliphatic hydroxyl groups is 1. The molecule has 0 saturated carbocycles. The van der Waals surface area contributed by atoms with Crippen LogP contribution in [0.5, 0.6) is 0 Å². The van der Waals surface area contributed by atoms with Gasteiger partial charge in [-0.2, -0.15) is 0 Å². The van der Waals surface area contributed by atoms with Crippen molar-refractivity contribution in [3.63, 3.8) is 0 Å². The first kappa shape index (κ1) is 9.71. The number of thiophene rings is 1. The molecule has 68 valence electrons. The Kier molecular flexibility index (Phi) is 3.26. The van der Waals surface area contributed by atoms with Crippen LogP contribution in [0.4, 0.5) is 0 Å². The maximum Gasteiger partial charge on any atom is 0.0715 e. The van der Waals surface area contributed by atoms with Crippen molar-refractivity contribution in [2.24, 2.45) is 0 Å². The molecule has 0 amide bonds. The Morgan fingerprint density at radius 1 is 1.58 bits per heavy atom. The lowest BCUT2D eigenvalue weighted by atomic mass is 10.1. The first-order valence-electron chi connectivity index (χ1n) is 4.03. The molecular weight excluding hydrogens is 170 g/mol. The molecule has 3 heteroatoms. The van der Waals surface area contributed by atoms with Crippen molar-refractivity contribution in [2.75, 3.05) is 6.54 Å². The van der Waals surface area contributed by atoms with Crippen LogP contribution in [0.2, 0.25) is 0 Å². The van der Waals surface area contributed by atoms with E-state index in [4.69, 9.17) is 0 Å². The lowest BCUT2D eigenvalue weighted by molar-refractivity contribution is 0.0796. The summed E-state index contributed by atoms with van der Waals surface area (Å²) in [7, 11) is 0. The van der Waals surface area contributed by atoms with Gasteiger partial charge < -0.3 is 10.4 Å². The SMILES string of the molecule is CC(C)(O)CNCc1cccs1. The van der Waals surface area contributed by atoms with Crippen molar-refractivity contribution >= 4 is 11.3 Å². The van der Waals surface area contributed by atoms with Crippen molar-refractivity contribution in [1.82, 2.24) is 5.32 Å². The zero-order chi connectivity index (χ0) is 9.03. The molecule has 0 aliphatic heterocycles. The van der Waals surface area contributed by atoms with E-state index in [0.717, 1.165) is 6.54 Å². The van der Waals surface area contributed by atoms with Gasteiger partial charge in [-0.25, -0.2) is 0 Å². The second kappa shape index (κ2) is 4.03. The van der Waals surface area contributed by atoms with Crippen molar-refractivity contribution < 1.29 is 5.11 Å². The molecule has 0 aliphatic rings. The summed E-state index contributed by atoms with van der Waals surface area (Å²) in [5, 5.41) is 14.6. The quantitative estimate of drug-likeness (QED) is 0.747. The Labute approximate surface area is 77.2 Å². The Morgan fingerprint density at radius 2 is 2.33 bits per heavy atom. The van der Waals surface area contributed by atoms with Crippen LogP contribution in [0.15, 0.2) is 17.5 Å². The predicted molar refractivity (Wildman–Crippen MR) is 52.3 cm³/mol. The average Bonchev–Trinajstić information content (AvgIpc) is 2.36. The molecule has 0 radical (unpaired) electrons. The molecule has 0 unspecified atom stereocenters. The van der Waals surface area contributed by atoms with Crippen LogP contribution in [-0.4, -0.2) is 17.3 Å². The standard InChI is InChI=1S/C9H15NOS/c1-9(2,11)7-10-6-8-4-3-5-12-8/h3-5,10-11H,6-7H2,1-2H3. The van der Waals surface area contributed by atoms with E-state index in [1.165, 1.54) is 4.88 Å². The molecule has 1 aromatic heterocycles. The second-order valence-electron chi connectivity index (χ2n) is 3.50. The maximum atomic E-state index is 9.39. The fraction of sp³-hybridized carbons (Fsp3) is 0.556. The van der Waals surface area contributed by atoms with E-state index in [1.807, 2.05) is 6.07 Å². The lowest BCUT2D eigenvalue weighted by Gasteiger charge is -2.17. The highest BCUT2D eigenvalue weighted by molar-refractivity contribution is 7.09. The molecule has 1 heterocycles. The summed E-state index contributed by atoms with van der Waals surface area (Å²) in [6.07, 6.45) is 0. The molecule has 0 aromatic carbocycles. The van der Waals surface area contributed by atoms with Gasteiger partial charge in [0, 0.05) is 18.0 Å². The van der Waals surface area contributed by atoms with E-state index in [-0.39, 0.29) is 0 Å². The van der Waals surface area contributed by atoms with E-state index in [1.54, 1.807) is 25.2 Å². The van der Waals surface area contributed by atoms with Crippen LogP contribution >= 0.6 is 11.3 Å². The van der Waals surface area contributed by atoms with E-state index in [2.05, 4.69) is 16.8 Å². The third-order valence-electron chi connectivity index (χ3n) is 1.44. The average molecular weight is 185 g/mol. The number of nitrogens with one attached hydrogen (secondary N) is 1. The Morgan fingerprint density at radius 3 is 2.83 bits per heavy atom. The molecule has 2 nitrogen and oxygen atoms in total. The van der Waals surface area contributed by atoms with Crippen LogP contribution in [0.3, 0.4) is 0 Å². The Hall–Kier alpha value is -0.380. The first-order valence-corrected chi connectivity index (χ1v) is 4.91. The van der Waals surface area contributed by atoms with Crippen molar-refractivity contribution in [3.8, 4) is 0 Å². The molecule has 0 saturated heterocycles. The molecule has 0 fully saturated rings. The molecule has 1 aromatic rings.